The Labute approximate surface area is 86.2 Å². The van der Waals surface area contributed by atoms with Crippen molar-refractivity contribution in [2.75, 3.05) is 33.2 Å². The lowest BCUT2D eigenvalue weighted by atomic mass is 10.4. The second-order valence-electron chi connectivity index (χ2n) is 2.65. The van der Waals surface area contributed by atoms with Crippen LogP contribution in [0, 0.1) is 0 Å². The van der Waals surface area contributed by atoms with Crippen molar-refractivity contribution in [1.29, 1.82) is 0 Å². The Hall–Kier alpha value is -0.0800. The van der Waals surface area contributed by atoms with Crippen molar-refractivity contribution in [1.82, 2.24) is 10.2 Å². The summed E-state index contributed by atoms with van der Waals surface area (Å²) in [6, 6.07) is 0. The van der Waals surface area contributed by atoms with E-state index in [9.17, 15) is 0 Å². The van der Waals surface area contributed by atoms with Gasteiger partial charge in [0, 0.05) is 14.5 Å². The maximum atomic E-state index is 3.15. The van der Waals surface area contributed by atoms with Gasteiger partial charge in [0.25, 0.3) is 0 Å². The lowest BCUT2D eigenvalue weighted by Gasteiger charge is -2.12. The second kappa shape index (κ2) is 14.4. The normalized spacial score (nSPS) is 15.5. The summed E-state index contributed by atoms with van der Waals surface area (Å²) in [6.07, 6.45) is 2.81. The van der Waals surface area contributed by atoms with Crippen molar-refractivity contribution in [3.05, 3.63) is 0 Å². The van der Waals surface area contributed by atoms with Crippen LogP contribution in [-0.2, 0) is 0 Å². The second-order valence-corrected chi connectivity index (χ2v) is 2.65. The predicted molar refractivity (Wildman–Crippen MR) is 64.4 cm³/mol. The molecule has 0 amide bonds. The molecule has 0 bridgehead atoms. The van der Waals surface area contributed by atoms with Crippen molar-refractivity contribution in [3.8, 4) is 0 Å². The summed E-state index contributed by atoms with van der Waals surface area (Å²) >= 11 is 0. The van der Waals surface area contributed by atoms with Crippen molar-refractivity contribution in [2.24, 2.45) is 0 Å². The molecule has 0 atom stereocenters. The molecule has 1 rings (SSSR count). The van der Waals surface area contributed by atoms with Gasteiger partial charge in [-0.25, -0.2) is 0 Å². The average molecular weight is 190 g/mol. The van der Waals surface area contributed by atoms with E-state index in [2.05, 4.69) is 10.2 Å². The summed E-state index contributed by atoms with van der Waals surface area (Å²) in [4.78, 5) is 2.51. The van der Waals surface area contributed by atoms with Crippen molar-refractivity contribution in [2.45, 2.75) is 40.5 Å². The van der Waals surface area contributed by atoms with Crippen molar-refractivity contribution in [3.63, 3.8) is 0 Å². The minimum atomic E-state index is 0. The third-order valence-electron chi connectivity index (χ3n) is 1.88. The molecular formula is C11H30N2. The van der Waals surface area contributed by atoms with E-state index in [1.807, 2.05) is 34.7 Å². The van der Waals surface area contributed by atoms with E-state index < -0.39 is 0 Å². The molecular weight excluding hydrogens is 160 g/mol. The molecule has 0 aromatic heterocycles. The van der Waals surface area contributed by atoms with Gasteiger partial charge in [-0.05, 0) is 33.0 Å². The zero-order valence-electron chi connectivity index (χ0n) is 10.2. The summed E-state index contributed by atoms with van der Waals surface area (Å²) in [5.41, 5.74) is 0. The summed E-state index contributed by atoms with van der Waals surface area (Å²) in [5, 5.41) is 3.15. The molecule has 0 aromatic carbocycles. The van der Waals surface area contributed by atoms with Crippen LogP contribution in [0.4, 0.5) is 0 Å². The molecule has 1 N–H and O–H groups in total. The number of rotatable bonds is 3. The van der Waals surface area contributed by atoms with Crippen LogP contribution < -0.4 is 5.32 Å². The van der Waals surface area contributed by atoms with E-state index in [4.69, 9.17) is 0 Å². The molecule has 1 aliphatic rings. The quantitative estimate of drug-likeness (QED) is 0.736. The Morgan fingerprint density at radius 1 is 1.08 bits per heavy atom. The van der Waals surface area contributed by atoms with E-state index in [0.29, 0.717) is 0 Å². The number of likely N-dealkylation sites (N-methyl/N-ethyl adjacent to an activating group) is 1. The van der Waals surface area contributed by atoms with Gasteiger partial charge in [-0.15, -0.1) is 0 Å². The van der Waals surface area contributed by atoms with Crippen LogP contribution in [0.1, 0.15) is 42.0 Å². The SMILES string of the molecule is CC.CC.CNCCN1CCCC1.[HH]. The van der Waals surface area contributed by atoms with Crippen LogP contribution in [0.2, 0.25) is 0 Å². The Morgan fingerprint density at radius 3 is 1.92 bits per heavy atom. The first kappa shape index (κ1) is 15.4. The molecule has 0 unspecified atom stereocenters. The molecule has 1 aliphatic heterocycles. The standard InChI is InChI=1S/C7H16N2.2C2H6.H2/c1-8-4-7-9-5-2-3-6-9;2*1-2;/h8H,2-7H2,1H3;2*1-2H3;1H. The lowest BCUT2D eigenvalue weighted by molar-refractivity contribution is 0.340. The fourth-order valence-electron chi connectivity index (χ4n) is 1.28. The maximum Gasteiger partial charge on any atom is 0.0107 e. The molecule has 0 spiro atoms. The predicted octanol–water partition coefficient (Wildman–Crippen LogP) is 2.60. The van der Waals surface area contributed by atoms with Gasteiger partial charge in [0.05, 0.1) is 0 Å². The summed E-state index contributed by atoms with van der Waals surface area (Å²) < 4.78 is 0. The van der Waals surface area contributed by atoms with E-state index >= 15 is 0 Å². The molecule has 1 heterocycles. The van der Waals surface area contributed by atoms with Crippen molar-refractivity contribution >= 4 is 0 Å². The molecule has 2 heteroatoms. The highest BCUT2D eigenvalue weighted by molar-refractivity contribution is 4.65. The van der Waals surface area contributed by atoms with Gasteiger partial charge in [0.15, 0.2) is 0 Å². The number of nitrogens with one attached hydrogen (secondary N) is 1. The molecule has 0 aromatic rings. The topological polar surface area (TPSA) is 15.3 Å². The molecule has 2 nitrogen and oxygen atoms in total. The Balaban J connectivity index is -0.000000216. The Morgan fingerprint density at radius 2 is 1.54 bits per heavy atom. The highest BCUT2D eigenvalue weighted by atomic mass is 15.1. The van der Waals surface area contributed by atoms with Crippen molar-refractivity contribution < 1.29 is 1.43 Å². The number of hydrogen-bond donors (Lipinski definition) is 1. The van der Waals surface area contributed by atoms with Crippen LogP contribution in [0.3, 0.4) is 0 Å². The summed E-state index contributed by atoms with van der Waals surface area (Å²) in [5.74, 6) is 0. The molecule has 13 heavy (non-hydrogen) atoms. The van der Waals surface area contributed by atoms with E-state index in [1.165, 1.54) is 32.5 Å². The van der Waals surface area contributed by atoms with Crippen LogP contribution in [0.25, 0.3) is 0 Å². The maximum absolute atomic E-state index is 3.15. The van der Waals surface area contributed by atoms with E-state index in [-0.39, 0.29) is 1.43 Å². The van der Waals surface area contributed by atoms with Gasteiger partial charge in [0.1, 0.15) is 0 Å². The molecule has 84 valence electrons. The first-order chi connectivity index (χ1) is 6.43. The number of nitrogens with zero attached hydrogens (tertiary/aromatic N) is 1. The zero-order chi connectivity index (χ0) is 10.5. The largest absolute Gasteiger partial charge is 0.318 e. The van der Waals surface area contributed by atoms with E-state index in [1.54, 1.807) is 0 Å². The first-order valence-corrected chi connectivity index (χ1v) is 5.80. The highest BCUT2D eigenvalue weighted by Crippen LogP contribution is 2.05. The minimum absolute atomic E-state index is 0. The fraction of sp³-hybridized carbons (Fsp3) is 1.00. The van der Waals surface area contributed by atoms with Crippen LogP contribution in [0.15, 0.2) is 0 Å². The van der Waals surface area contributed by atoms with Gasteiger partial charge in [0.2, 0.25) is 0 Å². The van der Waals surface area contributed by atoms with E-state index in [0.717, 1.165) is 6.54 Å². The smallest absolute Gasteiger partial charge is 0.0107 e. The average Bonchev–Trinajstić information content (AvgIpc) is 2.73. The Bertz CT molecular complexity index is 73.7. The number of hydrogen-bond acceptors (Lipinski definition) is 2. The minimum Gasteiger partial charge on any atom is -0.318 e. The molecule has 0 saturated carbocycles. The first-order valence-electron chi connectivity index (χ1n) is 5.80. The monoisotopic (exact) mass is 190 g/mol. The summed E-state index contributed by atoms with van der Waals surface area (Å²) in [7, 11) is 2.01. The molecule has 1 fully saturated rings. The number of likely N-dealkylation sites (tertiary alicyclic amines) is 1. The molecule has 0 aliphatic carbocycles. The van der Waals surface area contributed by atoms with Crippen LogP contribution >= 0.6 is 0 Å². The third kappa shape index (κ3) is 9.84. The van der Waals surface area contributed by atoms with Crippen LogP contribution in [0.5, 0.6) is 0 Å². The van der Waals surface area contributed by atoms with Gasteiger partial charge in [-0.1, -0.05) is 27.7 Å². The fourth-order valence-corrected chi connectivity index (χ4v) is 1.28. The van der Waals surface area contributed by atoms with Gasteiger partial charge >= 0.3 is 0 Å². The third-order valence-corrected chi connectivity index (χ3v) is 1.88. The van der Waals surface area contributed by atoms with Gasteiger partial charge in [-0.2, -0.15) is 0 Å². The van der Waals surface area contributed by atoms with Crippen LogP contribution in [-0.4, -0.2) is 38.1 Å². The highest BCUT2D eigenvalue weighted by Gasteiger charge is 2.09. The lowest BCUT2D eigenvalue weighted by Crippen LogP contribution is -2.27. The molecule has 0 radical (unpaired) electrons. The van der Waals surface area contributed by atoms with Gasteiger partial charge < -0.3 is 10.2 Å². The van der Waals surface area contributed by atoms with Gasteiger partial charge in [-0.3, -0.25) is 0 Å². The Kier molecular flexibility index (Phi) is 17.1. The molecule has 1 saturated heterocycles. The zero-order valence-corrected chi connectivity index (χ0v) is 10.2. The summed E-state index contributed by atoms with van der Waals surface area (Å²) in [6.45, 7) is 13.0.